The van der Waals surface area contributed by atoms with Gasteiger partial charge < -0.3 is 4.52 Å². The third-order valence-corrected chi connectivity index (χ3v) is 3.91. The monoisotopic (exact) mass is 261 g/mol. The van der Waals surface area contributed by atoms with Crippen LogP contribution in [-0.2, 0) is 13.1 Å². The number of hydrogen-bond donors (Lipinski definition) is 0. The Kier molecular flexibility index (Phi) is 3.33. The van der Waals surface area contributed by atoms with Crippen molar-refractivity contribution in [3.63, 3.8) is 0 Å². The van der Waals surface area contributed by atoms with Crippen LogP contribution in [-0.4, -0.2) is 37.4 Å². The highest BCUT2D eigenvalue weighted by Gasteiger charge is 2.26. The fourth-order valence-corrected chi connectivity index (χ4v) is 2.78. The van der Waals surface area contributed by atoms with Crippen molar-refractivity contribution in [1.29, 1.82) is 0 Å². The van der Waals surface area contributed by atoms with Crippen molar-refractivity contribution in [2.24, 2.45) is 0 Å². The largest absolute Gasteiger partial charge is 0.361 e. The molecule has 0 unspecified atom stereocenters. The van der Waals surface area contributed by atoms with Gasteiger partial charge in [-0.2, -0.15) is 5.10 Å². The molecule has 0 saturated carbocycles. The van der Waals surface area contributed by atoms with Crippen LogP contribution in [0.15, 0.2) is 17.2 Å². The third-order valence-electron chi connectivity index (χ3n) is 3.91. The van der Waals surface area contributed by atoms with E-state index in [0.29, 0.717) is 6.04 Å². The van der Waals surface area contributed by atoms with Crippen LogP contribution in [0.1, 0.15) is 29.9 Å². The van der Waals surface area contributed by atoms with Gasteiger partial charge >= 0.3 is 0 Å². The van der Waals surface area contributed by atoms with E-state index in [9.17, 15) is 0 Å². The number of hydrogen-bond acceptors (Lipinski definition) is 5. The Balaban J connectivity index is 1.70. The lowest BCUT2D eigenvalue weighted by molar-refractivity contribution is 0.217. The van der Waals surface area contributed by atoms with E-state index in [2.05, 4.69) is 20.1 Å². The molecule has 3 rings (SSSR count). The molecule has 0 N–H and O–H groups in total. The molecule has 6 heteroatoms. The lowest BCUT2D eigenvalue weighted by Crippen LogP contribution is -2.33. The zero-order valence-electron chi connectivity index (χ0n) is 11.4. The zero-order valence-corrected chi connectivity index (χ0v) is 11.4. The second-order valence-electron chi connectivity index (χ2n) is 5.19. The van der Waals surface area contributed by atoms with E-state index in [0.717, 1.165) is 31.1 Å². The number of likely N-dealkylation sites (tertiary alicyclic amines) is 1. The van der Waals surface area contributed by atoms with Crippen LogP contribution in [0.2, 0.25) is 0 Å². The summed E-state index contributed by atoms with van der Waals surface area (Å²) in [5.74, 6) is 0.934. The first kappa shape index (κ1) is 12.3. The first-order valence-corrected chi connectivity index (χ1v) is 6.72. The van der Waals surface area contributed by atoms with Gasteiger partial charge in [-0.25, -0.2) is 4.98 Å². The van der Waals surface area contributed by atoms with Gasteiger partial charge in [0.2, 0.25) is 0 Å². The summed E-state index contributed by atoms with van der Waals surface area (Å²) < 4.78 is 7.16. The maximum Gasteiger partial charge on any atom is 0.138 e. The molecule has 2 aromatic rings. The van der Waals surface area contributed by atoms with Crippen LogP contribution < -0.4 is 0 Å². The summed E-state index contributed by atoms with van der Waals surface area (Å²) in [4.78, 5) is 6.50. The van der Waals surface area contributed by atoms with E-state index in [1.165, 1.54) is 18.4 Å². The van der Waals surface area contributed by atoms with Crippen LogP contribution in [0.4, 0.5) is 0 Å². The van der Waals surface area contributed by atoms with Crippen molar-refractivity contribution < 1.29 is 4.52 Å². The van der Waals surface area contributed by atoms with Crippen LogP contribution in [0.3, 0.4) is 0 Å². The van der Waals surface area contributed by atoms with Crippen LogP contribution in [0, 0.1) is 13.8 Å². The van der Waals surface area contributed by atoms with Crippen LogP contribution >= 0.6 is 0 Å². The smallest absolute Gasteiger partial charge is 0.138 e. The van der Waals surface area contributed by atoms with E-state index >= 15 is 0 Å². The SMILES string of the molecule is Cc1noc(C)c1CN1CCC[C@H]1Cn1cncn1. The minimum Gasteiger partial charge on any atom is -0.361 e. The molecule has 3 heterocycles. The van der Waals surface area contributed by atoms with Gasteiger partial charge in [-0.05, 0) is 33.2 Å². The summed E-state index contributed by atoms with van der Waals surface area (Å²) in [6, 6.07) is 0.524. The van der Waals surface area contributed by atoms with Crippen molar-refractivity contribution >= 4 is 0 Å². The Morgan fingerprint density at radius 3 is 3.00 bits per heavy atom. The second-order valence-corrected chi connectivity index (χ2v) is 5.19. The number of rotatable bonds is 4. The topological polar surface area (TPSA) is 60.0 Å². The molecule has 19 heavy (non-hydrogen) atoms. The molecule has 1 aliphatic heterocycles. The van der Waals surface area contributed by atoms with Gasteiger partial charge in [0.05, 0.1) is 12.2 Å². The molecule has 2 aromatic heterocycles. The molecule has 102 valence electrons. The lowest BCUT2D eigenvalue weighted by Gasteiger charge is -2.24. The molecule has 0 aromatic carbocycles. The van der Waals surface area contributed by atoms with Crippen LogP contribution in [0.5, 0.6) is 0 Å². The average Bonchev–Trinajstić information content (AvgIpc) is 3.10. The number of aromatic nitrogens is 4. The van der Waals surface area contributed by atoms with E-state index < -0.39 is 0 Å². The minimum atomic E-state index is 0.524. The molecule has 6 nitrogen and oxygen atoms in total. The summed E-state index contributed by atoms with van der Waals surface area (Å²) in [5.41, 5.74) is 2.23. The maximum absolute atomic E-state index is 5.24. The summed E-state index contributed by atoms with van der Waals surface area (Å²) in [6.45, 7) is 6.94. The van der Waals surface area contributed by atoms with Gasteiger partial charge in [-0.15, -0.1) is 0 Å². The quantitative estimate of drug-likeness (QED) is 0.835. The maximum atomic E-state index is 5.24. The molecule has 0 amide bonds. The van der Waals surface area contributed by atoms with Gasteiger partial charge in [0.25, 0.3) is 0 Å². The van der Waals surface area contributed by atoms with E-state index in [-0.39, 0.29) is 0 Å². The highest BCUT2D eigenvalue weighted by atomic mass is 16.5. The Hall–Kier alpha value is -1.69. The highest BCUT2D eigenvalue weighted by Crippen LogP contribution is 2.23. The van der Waals surface area contributed by atoms with Crippen LogP contribution in [0.25, 0.3) is 0 Å². The normalized spacial score (nSPS) is 20.2. The Bertz CT molecular complexity index is 514. The van der Waals surface area contributed by atoms with Gasteiger partial charge in [0, 0.05) is 18.2 Å². The average molecular weight is 261 g/mol. The zero-order chi connectivity index (χ0) is 13.2. The van der Waals surface area contributed by atoms with E-state index in [4.69, 9.17) is 4.52 Å². The Morgan fingerprint density at radius 1 is 1.42 bits per heavy atom. The van der Waals surface area contributed by atoms with E-state index in [1.54, 1.807) is 12.7 Å². The fourth-order valence-electron chi connectivity index (χ4n) is 2.78. The Morgan fingerprint density at radius 2 is 2.32 bits per heavy atom. The lowest BCUT2D eigenvalue weighted by atomic mass is 10.1. The molecule has 1 fully saturated rings. The molecule has 0 aliphatic carbocycles. The van der Waals surface area contributed by atoms with E-state index in [1.807, 2.05) is 18.5 Å². The predicted molar refractivity (Wildman–Crippen MR) is 69.4 cm³/mol. The summed E-state index contributed by atoms with van der Waals surface area (Å²) in [6.07, 6.45) is 5.83. The molecule has 1 saturated heterocycles. The van der Waals surface area contributed by atoms with Crippen molar-refractivity contribution in [3.8, 4) is 0 Å². The third kappa shape index (κ3) is 2.53. The molecular weight excluding hydrogens is 242 g/mol. The minimum absolute atomic E-state index is 0.524. The highest BCUT2D eigenvalue weighted by molar-refractivity contribution is 5.20. The van der Waals surface area contributed by atoms with Gasteiger partial charge in [0.15, 0.2) is 0 Å². The number of nitrogens with zero attached hydrogens (tertiary/aromatic N) is 5. The van der Waals surface area contributed by atoms with Crippen molar-refractivity contribution in [2.75, 3.05) is 6.54 Å². The summed E-state index contributed by atoms with van der Waals surface area (Å²) in [7, 11) is 0. The molecule has 0 spiro atoms. The molecule has 0 bridgehead atoms. The molecular formula is C13H19N5O. The summed E-state index contributed by atoms with van der Waals surface area (Å²) in [5, 5.41) is 8.22. The van der Waals surface area contributed by atoms with Crippen molar-refractivity contribution in [2.45, 2.75) is 45.8 Å². The number of aryl methyl sites for hydroxylation is 2. The van der Waals surface area contributed by atoms with Gasteiger partial charge in [-0.1, -0.05) is 5.16 Å². The van der Waals surface area contributed by atoms with Gasteiger partial charge in [0.1, 0.15) is 18.4 Å². The standard InChI is InChI=1S/C13H19N5O/c1-10-13(11(2)19-16-10)7-17-5-3-4-12(17)6-18-9-14-8-15-18/h8-9,12H,3-7H2,1-2H3/t12-/m0/s1. The van der Waals surface area contributed by atoms with Crippen molar-refractivity contribution in [1.82, 2.24) is 24.8 Å². The van der Waals surface area contributed by atoms with Crippen molar-refractivity contribution in [3.05, 3.63) is 29.7 Å². The fraction of sp³-hybridized carbons (Fsp3) is 0.615. The molecule has 1 atom stereocenters. The predicted octanol–water partition coefficient (Wildman–Crippen LogP) is 1.55. The first-order valence-electron chi connectivity index (χ1n) is 6.72. The molecule has 1 aliphatic rings. The molecule has 0 radical (unpaired) electrons. The Labute approximate surface area is 112 Å². The summed E-state index contributed by atoms with van der Waals surface area (Å²) >= 11 is 0. The van der Waals surface area contributed by atoms with Gasteiger partial charge in [-0.3, -0.25) is 9.58 Å². The first-order chi connectivity index (χ1) is 9.24. The second kappa shape index (κ2) is 5.13.